The van der Waals surface area contributed by atoms with Gasteiger partial charge in [-0.15, -0.1) is 0 Å². The molecule has 0 amide bonds. The number of piperidine rings is 1. The quantitative estimate of drug-likeness (QED) is 0.707. The molecular weight excluding hydrogens is 190 g/mol. The fourth-order valence-corrected chi connectivity index (χ4v) is 2.05. The fourth-order valence-electron chi connectivity index (χ4n) is 2.05. The largest absolute Gasteiger partial charge is 0.398 e. The van der Waals surface area contributed by atoms with E-state index in [0.29, 0.717) is 5.69 Å². The first-order valence-corrected chi connectivity index (χ1v) is 5.23. The van der Waals surface area contributed by atoms with Crippen molar-refractivity contribution in [3.05, 3.63) is 24.0 Å². The van der Waals surface area contributed by atoms with E-state index in [1.807, 2.05) is 0 Å². The molecule has 0 unspecified atom stereocenters. The van der Waals surface area contributed by atoms with Crippen molar-refractivity contribution < 1.29 is 5.11 Å². The number of pyridine rings is 1. The maximum Gasteiger partial charge on any atom is 0.0955 e. The molecule has 2 heterocycles. The number of hydrogen-bond donors (Lipinski definition) is 2. The summed E-state index contributed by atoms with van der Waals surface area (Å²) in [5.74, 6) is 0. The Morgan fingerprint density at radius 3 is 2.73 bits per heavy atom. The Morgan fingerprint density at radius 2 is 2.13 bits per heavy atom. The molecule has 0 aliphatic carbocycles. The van der Waals surface area contributed by atoms with Gasteiger partial charge in [-0.2, -0.15) is 0 Å². The molecule has 0 aromatic carbocycles. The number of rotatable bonds is 1. The monoisotopic (exact) mass is 207 g/mol. The summed E-state index contributed by atoms with van der Waals surface area (Å²) in [5, 5.41) is 10.5. The molecule has 1 aromatic rings. The highest BCUT2D eigenvalue weighted by Crippen LogP contribution is 2.34. The van der Waals surface area contributed by atoms with Gasteiger partial charge in [0.1, 0.15) is 0 Å². The lowest BCUT2D eigenvalue weighted by Gasteiger charge is -2.37. The van der Waals surface area contributed by atoms with Crippen LogP contribution >= 0.6 is 0 Å². The average molecular weight is 207 g/mol. The minimum absolute atomic E-state index is 0.636. The molecule has 2 rings (SSSR count). The van der Waals surface area contributed by atoms with Crippen LogP contribution in [0, 0.1) is 0 Å². The van der Waals surface area contributed by atoms with Gasteiger partial charge in [0.15, 0.2) is 0 Å². The molecular formula is C11H17N3O. The van der Waals surface area contributed by atoms with Gasteiger partial charge in [0.2, 0.25) is 0 Å². The Labute approximate surface area is 89.7 Å². The van der Waals surface area contributed by atoms with Crippen LogP contribution in [0.1, 0.15) is 18.4 Å². The Kier molecular flexibility index (Phi) is 2.63. The Hall–Kier alpha value is -1.13. The average Bonchev–Trinajstić information content (AvgIpc) is 2.23. The lowest BCUT2D eigenvalue weighted by Crippen LogP contribution is -2.41. The van der Waals surface area contributed by atoms with Crippen molar-refractivity contribution in [3.8, 4) is 0 Å². The molecule has 15 heavy (non-hydrogen) atoms. The first-order chi connectivity index (χ1) is 7.12. The smallest absolute Gasteiger partial charge is 0.0955 e. The standard InChI is InChI=1S/C11H17N3O/c1-14-6-3-11(15,4-7-14)9-8-13-5-2-10(9)12/h2,5,8,15H,3-4,6-7H2,1H3,(H2,12,13). The SMILES string of the molecule is CN1CCC(O)(c2cnccc2N)CC1. The lowest BCUT2D eigenvalue weighted by molar-refractivity contribution is -0.0199. The summed E-state index contributed by atoms with van der Waals surface area (Å²) in [4.78, 5) is 6.24. The summed E-state index contributed by atoms with van der Waals surface area (Å²) in [6.07, 6.45) is 4.77. The molecule has 0 radical (unpaired) electrons. The van der Waals surface area contributed by atoms with Gasteiger partial charge in [-0.25, -0.2) is 0 Å². The predicted octanol–water partition coefficient (Wildman–Crippen LogP) is 0.577. The van der Waals surface area contributed by atoms with Gasteiger partial charge in [0.25, 0.3) is 0 Å². The molecule has 0 spiro atoms. The molecule has 82 valence electrons. The normalized spacial score (nSPS) is 21.5. The number of anilines is 1. The van der Waals surface area contributed by atoms with Crippen LogP contribution in [0.2, 0.25) is 0 Å². The molecule has 1 saturated heterocycles. The van der Waals surface area contributed by atoms with Crippen molar-refractivity contribution in [3.63, 3.8) is 0 Å². The summed E-state index contributed by atoms with van der Waals surface area (Å²) >= 11 is 0. The van der Waals surface area contributed by atoms with E-state index in [4.69, 9.17) is 5.73 Å². The van der Waals surface area contributed by atoms with Crippen molar-refractivity contribution in [2.45, 2.75) is 18.4 Å². The van der Waals surface area contributed by atoms with Gasteiger partial charge in [0, 0.05) is 36.7 Å². The molecule has 1 fully saturated rings. The zero-order valence-corrected chi connectivity index (χ0v) is 8.98. The highest BCUT2D eigenvalue weighted by molar-refractivity contribution is 5.47. The molecule has 3 N–H and O–H groups in total. The molecule has 1 aliphatic rings. The maximum atomic E-state index is 10.5. The van der Waals surface area contributed by atoms with Gasteiger partial charge < -0.3 is 15.7 Å². The molecule has 4 nitrogen and oxygen atoms in total. The van der Waals surface area contributed by atoms with Crippen molar-refractivity contribution in [1.82, 2.24) is 9.88 Å². The molecule has 0 atom stereocenters. The fraction of sp³-hybridized carbons (Fsp3) is 0.545. The first kappa shape index (κ1) is 10.4. The Morgan fingerprint density at radius 1 is 1.47 bits per heavy atom. The zero-order valence-electron chi connectivity index (χ0n) is 8.98. The Balaban J connectivity index is 2.26. The number of aliphatic hydroxyl groups is 1. The summed E-state index contributed by atoms with van der Waals surface area (Å²) in [5.41, 5.74) is 6.48. The van der Waals surface area contributed by atoms with Crippen LogP contribution in [-0.4, -0.2) is 35.1 Å². The van der Waals surface area contributed by atoms with E-state index in [1.165, 1.54) is 0 Å². The van der Waals surface area contributed by atoms with Crippen LogP contribution in [0.25, 0.3) is 0 Å². The number of nitrogens with two attached hydrogens (primary N) is 1. The summed E-state index contributed by atoms with van der Waals surface area (Å²) < 4.78 is 0. The van der Waals surface area contributed by atoms with Crippen molar-refractivity contribution in [1.29, 1.82) is 0 Å². The number of nitrogen functional groups attached to an aromatic ring is 1. The maximum absolute atomic E-state index is 10.5. The Bertz CT molecular complexity index is 345. The van der Waals surface area contributed by atoms with Crippen LogP contribution in [-0.2, 0) is 5.60 Å². The van der Waals surface area contributed by atoms with Gasteiger partial charge in [-0.3, -0.25) is 4.98 Å². The van der Waals surface area contributed by atoms with E-state index in [0.717, 1.165) is 31.5 Å². The lowest BCUT2D eigenvalue weighted by atomic mass is 9.84. The highest BCUT2D eigenvalue weighted by Gasteiger charge is 2.34. The van der Waals surface area contributed by atoms with Crippen LogP contribution in [0.4, 0.5) is 5.69 Å². The zero-order chi connectivity index (χ0) is 10.9. The highest BCUT2D eigenvalue weighted by atomic mass is 16.3. The number of nitrogens with zero attached hydrogens (tertiary/aromatic N) is 2. The number of hydrogen-bond acceptors (Lipinski definition) is 4. The molecule has 1 aliphatic heterocycles. The van der Waals surface area contributed by atoms with E-state index in [2.05, 4.69) is 16.9 Å². The molecule has 0 bridgehead atoms. The van der Waals surface area contributed by atoms with Crippen molar-refractivity contribution >= 4 is 5.69 Å². The second-order valence-corrected chi connectivity index (χ2v) is 4.30. The minimum atomic E-state index is -0.787. The van der Waals surface area contributed by atoms with E-state index in [-0.39, 0.29) is 0 Å². The number of aromatic nitrogens is 1. The van der Waals surface area contributed by atoms with E-state index >= 15 is 0 Å². The van der Waals surface area contributed by atoms with Gasteiger partial charge in [-0.1, -0.05) is 0 Å². The third kappa shape index (κ3) is 1.96. The topological polar surface area (TPSA) is 62.4 Å². The first-order valence-electron chi connectivity index (χ1n) is 5.23. The summed E-state index contributed by atoms with van der Waals surface area (Å²) in [7, 11) is 2.06. The third-order valence-corrected chi connectivity index (χ3v) is 3.17. The third-order valence-electron chi connectivity index (χ3n) is 3.17. The van der Waals surface area contributed by atoms with E-state index in [1.54, 1.807) is 18.5 Å². The summed E-state index contributed by atoms with van der Waals surface area (Å²) in [6.45, 7) is 1.79. The van der Waals surface area contributed by atoms with E-state index in [9.17, 15) is 5.11 Å². The molecule has 0 saturated carbocycles. The molecule has 1 aromatic heterocycles. The second-order valence-electron chi connectivity index (χ2n) is 4.30. The van der Waals surface area contributed by atoms with Gasteiger partial charge in [-0.05, 0) is 26.0 Å². The van der Waals surface area contributed by atoms with Crippen LogP contribution in [0.3, 0.4) is 0 Å². The second kappa shape index (κ2) is 3.79. The van der Waals surface area contributed by atoms with E-state index < -0.39 is 5.60 Å². The number of likely N-dealkylation sites (tertiary alicyclic amines) is 1. The summed E-state index contributed by atoms with van der Waals surface area (Å²) in [6, 6.07) is 1.74. The molecule has 4 heteroatoms. The minimum Gasteiger partial charge on any atom is -0.398 e. The van der Waals surface area contributed by atoms with Crippen LogP contribution < -0.4 is 5.73 Å². The van der Waals surface area contributed by atoms with Crippen LogP contribution in [0.5, 0.6) is 0 Å². The van der Waals surface area contributed by atoms with Gasteiger partial charge >= 0.3 is 0 Å². The van der Waals surface area contributed by atoms with Crippen molar-refractivity contribution in [2.24, 2.45) is 0 Å². The van der Waals surface area contributed by atoms with Gasteiger partial charge in [0.05, 0.1) is 5.60 Å². The predicted molar refractivity (Wildman–Crippen MR) is 59.3 cm³/mol. The van der Waals surface area contributed by atoms with Crippen LogP contribution in [0.15, 0.2) is 18.5 Å². The van der Waals surface area contributed by atoms with Crippen molar-refractivity contribution in [2.75, 3.05) is 25.9 Å².